The summed E-state index contributed by atoms with van der Waals surface area (Å²) in [6.45, 7) is 0.218. The summed E-state index contributed by atoms with van der Waals surface area (Å²) in [5.74, 6) is 0.394. The Morgan fingerprint density at radius 1 is 1.29 bits per heavy atom. The van der Waals surface area contributed by atoms with Gasteiger partial charge in [-0.25, -0.2) is 8.42 Å². The number of amides is 1. The van der Waals surface area contributed by atoms with E-state index >= 15 is 0 Å². The van der Waals surface area contributed by atoms with Crippen LogP contribution in [0.4, 0.5) is 5.69 Å². The summed E-state index contributed by atoms with van der Waals surface area (Å²) < 4.78 is 32.9. The lowest BCUT2D eigenvalue weighted by atomic mass is 10.2. The molecule has 0 spiro atoms. The average Bonchev–Trinajstić information content (AvgIpc) is 3.18. The summed E-state index contributed by atoms with van der Waals surface area (Å²) in [7, 11) is -2.10. The molecule has 2 N–H and O–H groups in total. The van der Waals surface area contributed by atoms with Crippen molar-refractivity contribution >= 4 is 44.2 Å². The Bertz CT molecular complexity index is 963. The standard InChI is InChI=1S/C19H21IN2O5S/c1-27-18-9-4-13(11-17(18)20)19(24)21-14-5-7-16(8-6-14)28(25,26)22-10-2-3-15(22)12-23/h4-9,11,15,23H,2-3,10,12H2,1H3,(H,21,24). The van der Waals surface area contributed by atoms with E-state index in [-0.39, 0.29) is 23.5 Å². The number of methoxy groups -OCH3 is 1. The van der Waals surface area contributed by atoms with Crippen molar-refractivity contribution in [3.63, 3.8) is 0 Å². The molecule has 1 heterocycles. The normalized spacial score (nSPS) is 17.5. The van der Waals surface area contributed by atoms with E-state index in [0.29, 0.717) is 30.0 Å². The monoisotopic (exact) mass is 516 g/mol. The first-order chi connectivity index (χ1) is 13.4. The zero-order valence-corrected chi connectivity index (χ0v) is 18.2. The summed E-state index contributed by atoms with van der Waals surface area (Å²) in [5, 5.41) is 12.1. The summed E-state index contributed by atoms with van der Waals surface area (Å²) in [6, 6.07) is 10.8. The zero-order chi connectivity index (χ0) is 20.3. The second-order valence-electron chi connectivity index (χ2n) is 6.42. The molecule has 1 fully saturated rings. The van der Waals surface area contributed by atoms with Gasteiger partial charge in [-0.1, -0.05) is 0 Å². The number of aliphatic hydroxyl groups excluding tert-OH is 1. The van der Waals surface area contributed by atoms with E-state index in [2.05, 4.69) is 27.9 Å². The van der Waals surface area contributed by atoms with Crippen LogP contribution in [0.2, 0.25) is 0 Å². The number of hydrogen-bond acceptors (Lipinski definition) is 5. The van der Waals surface area contributed by atoms with Gasteiger partial charge in [0, 0.05) is 23.8 Å². The quantitative estimate of drug-likeness (QED) is 0.576. The first kappa shape index (κ1) is 21.0. The van der Waals surface area contributed by atoms with Gasteiger partial charge in [-0.05, 0) is 77.9 Å². The molecular weight excluding hydrogens is 495 g/mol. The summed E-state index contributed by atoms with van der Waals surface area (Å²) in [6.07, 6.45) is 1.39. The first-order valence-corrected chi connectivity index (χ1v) is 11.3. The first-order valence-electron chi connectivity index (χ1n) is 8.74. The molecule has 1 saturated heterocycles. The number of anilines is 1. The number of sulfonamides is 1. The molecular formula is C19H21IN2O5S. The third kappa shape index (κ3) is 4.32. The van der Waals surface area contributed by atoms with Gasteiger partial charge < -0.3 is 15.2 Å². The van der Waals surface area contributed by atoms with Crippen LogP contribution in [-0.2, 0) is 10.0 Å². The maximum Gasteiger partial charge on any atom is 0.255 e. The highest BCUT2D eigenvalue weighted by Gasteiger charge is 2.34. The maximum atomic E-state index is 12.8. The van der Waals surface area contributed by atoms with Gasteiger partial charge in [-0.3, -0.25) is 4.79 Å². The number of nitrogens with one attached hydrogen (secondary N) is 1. The number of nitrogens with zero attached hydrogens (tertiary/aromatic N) is 1. The van der Waals surface area contributed by atoms with Crippen LogP contribution in [0.25, 0.3) is 0 Å². The number of carbonyl (C=O) groups excluding carboxylic acids is 1. The van der Waals surface area contributed by atoms with Crippen LogP contribution >= 0.6 is 22.6 Å². The molecule has 0 radical (unpaired) electrons. The van der Waals surface area contributed by atoms with Crippen LogP contribution in [0.5, 0.6) is 5.75 Å². The lowest BCUT2D eigenvalue weighted by molar-refractivity contribution is 0.102. The summed E-state index contributed by atoms with van der Waals surface area (Å²) in [4.78, 5) is 12.6. The lowest BCUT2D eigenvalue weighted by Gasteiger charge is -2.22. The molecule has 1 unspecified atom stereocenters. The zero-order valence-electron chi connectivity index (χ0n) is 15.3. The molecule has 1 aliphatic rings. The number of hydrogen-bond donors (Lipinski definition) is 2. The highest BCUT2D eigenvalue weighted by molar-refractivity contribution is 14.1. The Morgan fingerprint density at radius 2 is 2.00 bits per heavy atom. The summed E-state index contributed by atoms with van der Waals surface area (Å²) >= 11 is 2.09. The van der Waals surface area contributed by atoms with Gasteiger partial charge in [-0.2, -0.15) is 4.31 Å². The Hall–Kier alpha value is -1.69. The molecule has 0 aromatic heterocycles. The fourth-order valence-electron chi connectivity index (χ4n) is 3.16. The van der Waals surface area contributed by atoms with Crippen LogP contribution in [-0.4, -0.2) is 50.0 Å². The number of ether oxygens (including phenoxy) is 1. The Morgan fingerprint density at radius 3 is 2.61 bits per heavy atom. The number of benzene rings is 2. The smallest absolute Gasteiger partial charge is 0.255 e. The minimum absolute atomic E-state index is 0.143. The van der Waals surface area contributed by atoms with Crippen molar-refractivity contribution in [2.24, 2.45) is 0 Å². The average molecular weight is 516 g/mol. The van der Waals surface area contributed by atoms with Crippen LogP contribution in [0.3, 0.4) is 0 Å². The van der Waals surface area contributed by atoms with Crippen molar-refractivity contribution in [2.45, 2.75) is 23.8 Å². The fraction of sp³-hybridized carbons (Fsp3) is 0.316. The van der Waals surface area contributed by atoms with E-state index in [9.17, 15) is 18.3 Å². The highest BCUT2D eigenvalue weighted by Crippen LogP contribution is 2.27. The topological polar surface area (TPSA) is 95.9 Å². The molecule has 1 aliphatic heterocycles. The minimum Gasteiger partial charge on any atom is -0.496 e. The minimum atomic E-state index is -3.66. The molecule has 0 bridgehead atoms. The van der Waals surface area contributed by atoms with Crippen LogP contribution in [0.15, 0.2) is 47.4 Å². The van der Waals surface area contributed by atoms with E-state index in [1.54, 1.807) is 37.4 Å². The molecule has 7 nitrogen and oxygen atoms in total. The van der Waals surface area contributed by atoms with Gasteiger partial charge in [0.2, 0.25) is 10.0 Å². The van der Waals surface area contributed by atoms with Gasteiger partial charge >= 0.3 is 0 Å². The van der Waals surface area contributed by atoms with Crippen LogP contribution in [0, 0.1) is 3.57 Å². The fourth-order valence-corrected chi connectivity index (χ4v) is 5.58. The maximum absolute atomic E-state index is 12.8. The highest BCUT2D eigenvalue weighted by atomic mass is 127. The number of halogens is 1. The third-order valence-corrected chi connectivity index (χ3v) is 7.48. The summed E-state index contributed by atoms with van der Waals surface area (Å²) in [5.41, 5.74) is 0.972. The molecule has 3 rings (SSSR count). The van der Waals surface area contributed by atoms with E-state index < -0.39 is 10.0 Å². The molecule has 1 atom stereocenters. The Balaban J connectivity index is 1.74. The van der Waals surface area contributed by atoms with Crippen molar-refractivity contribution < 1.29 is 23.1 Å². The van der Waals surface area contributed by atoms with Crippen molar-refractivity contribution in [3.05, 3.63) is 51.6 Å². The third-order valence-electron chi connectivity index (χ3n) is 4.67. The molecule has 0 aliphatic carbocycles. The van der Waals surface area contributed by atoms with Gasteiger partial charge in [-0.15, -0.1) is 0 Å². The van der Waals surface area contributed by atoms with Crippen molar-refractivity contribution in [2.75, 3.05) is 25.6 Å². The Kier molecular flexibility index (Phi) is 6.58. The number of aliphatic hydroxyl groups is 1. The lowest BCUT2D eigenvalue weighted by Crippen LogP contribution is -2.37. The van der Waals surface area contributed by atoms with Crippen molar-refractivity contribution in [1.29, 1.82) is 0 Å². The van der Waals surface area contributed by atoms with E-state index in [0.717, 1.165) is 9.99 Å². The van der Waals surface area contributed by atoms with Gasteiger partial charge in [0.05, 0.1) is 22.2 Å². The molecule has 1 amide bonds. The largest absolute Gasteiger partial charge is 0.496 e. The predicted octanol–water partition coefficient (Wildman–Crippen LogP) is 2.70. The number of rotatable bonds is 6. The second-order valence-corrected chi connectivity index (χ2v) is 9.47. The molecule has 2 aromatic carbocycles. The van der Waals surface area contributed by atoms with Crippen LogP contribution < -0.4 is 10.1 Å². The molecule has 2 aromatic rings. The molecule has 150 valence electrons. The van der Waals surface area contributed by atoms with E-state index in [1.807, 2.05) is 0 Å². The predicted molar refractivity (Wildman–Crippen MR) is 114 cm³/mol. The van der Waals surface area contributed by atoms with Crippen molar-refractivity contribution in [3.8, 4) is 5.75 Å². The van der Waals surface area contributed by atoms with E-state index in [1.165, 1.54) is 16.4 Å². The second kappa shape index (κ2) is 8.76. The molecule has 0 saturated carbocycles. The Labute approximate surface area is 177 Å². The number of carbonyl (C=O) groups is 1. The van der Waals surface area contributed by atoms with Gasteiger partial charge in [0.15, 0.2) is 0 Å². The van der Waals surface area contributed by atoms with Gasteiger partial charge in [0.25, 0.3) is 5.91 Å². The van der Waals surface area contributed by atoms with E-state index in [4.69, 9.17) is 4.74 Å². The molecule has 28 heavy (non-hydrogen) atoms. The van der Waals surface area contributed by atoms with Crippen molar-refractivity contribution in [1.82, 2.24) is 4.31 Å². The molecule has 9 heteroatoms. The van der Waals surface area contributed by atoms with Gasteiger partial charge in [0.1, 0.15) is 5.75 Å². The SMILES string of the molecule is COc1ccc(C(=O)Nc2ccc(S(=O)(=O)N3CCCC3CO)cc2)cc1I. The van der Waals surface area contributed by atoms with Crippen LogP contribution in [0.1, 0.15) is 23.2 Å².